The number of hydrogen-bond acceptors (Lipinski definition) is 5. The molecule has 0 bridgehead atoms. The van der Waals surface area contributed by atoms with Crippen LogP contribution in [0.4, 0.5) is 5.69 Å². The molecule has 144 valence electrons. The number of rotatable bonds is 7. The molecule has 0 spiro atoms. The maximum absolute atomic E-state index is 12.8. The number of nitrogens with zero attached hydrogens (tertiary/aromatic N) is 1. The lowest BCUT2D eigenvalue weighted by molar-refractivity contribution is -0.116. The van der Waals surface area contributed by atoms with Crippen LogP contribution < -0.4 is 5.32 Å². The van der Waals surface area contributed by atoms with Crippen molar-refractivity contribution in [3.8, 4) is 0 Å². The topological polar surface area (TPSA) is 92.8 Å². The van der Waals surface area contributed by atoms with Gasteiger partial charge in [-0.1, -0.05) is 36.8 Å². The molecule has 0 radical (unpaired) electrons. The molecule has 8 heteroatoms. The van der Waals surface area contributed by atoms with Crippen molar-refractivity contribution in [1.29, 1.82) is 0 Å². The Kier molecular flexibility index (Phi) is 6.70. The third-order valence-electron chi connectivity index (χ3n) is 3.94. The number of aryl methyl sites for hydroxylation is 1. The fourth-order valence-corrected chi connectivity index (χ4v) is 3.86. The predicted molar refractivity (Wildman–Crippen MR) is 102 cm³/mol. The van der Waals surface area contributed by atoms with Gasteiger partial charge >= 0.3 is 5.97 Å². The van der Waals surface area contributed by atoms with Gasteiger partial charge in [0.05, 0.1) is 29.8 Å². The standard InChI is InChI=1S/C19H22N2O5S/c1-4-21(27(24,25)15-11-9-14(2)10-12-15)13-18(22)20-17-8-6-5-7-16(17)19(23)26-3/h5-12H,4,13H2,1-3H3,(H,20,22). The molecule has 0 saturated carbocycles. The smallest absolute Gasteiger partial charge is 0.339 e. The van der Waals surface area contributed by atoms with Gasteiger partial charge in [-0.2, -0.15) is 4.31 Å². The minimum atomic E-state index is -3.81. The Hall–Kier alpha value is -2.71. The lowest BCUT2D eigenvalue weighted by Gasteiger charge is -2.20. The van der Waals surface area contributed by atoms with Gasteiger partial charge in [-0.25, -0.2) is 13.2 Å². The van der Waals surface area contributed by atoms with E-state index in [2.05, 4.69) is 10.1 Å². The van der Waals surface area contributed by atoms with E-state index in [4.69, 9.17) is 0 Å². The molecule has 0 aliphatic heterocycles. The second-order valence-electron chi connectivity index (χ2n) is 5.83. The van der Waals surface area contributed by atoms with E-state index in [1.807, 2.05) is 6.92 Å². The first-order valence-corrected chi connectivity index (χ1v) is 9.77. The Bertz CT molecular complexity index is 923. The number of methoxy groups -OCH3 is 1. The second kappa shape index (κ2) is 8.79. The van der Waals surface area contributed by atoms with Crippen molar-refractivity contribution < 1.29 is 22.7 Å². The van der Waals surface area contributed by atoms with Crippen LogP contribution in [0.5, 0.6) is 0 Å². The van der Waals surface area contributed by atoms with E-state index < -0.39 is 21.9 Å². The van der Waals surface area contributed by atoms with Crippen LogP contribution in [0.2, 0.25) is 0 Å². The minimum Gasteiger partial charge on any atom is -0.465 e. The minimum absolute atomic E-state index is 0.123. The van der Waals surface area contributed by atoms with Crippen molar-refractivity contribution in [2.75, 3.05) is 25.5 Å². The number of sulfonamides is 1. The number of esters is 1. The average Bonchev–Trinajstić information content (AvgIpc) is 2.66. The van der Waals surface area contributed by atoms with Crippen LogP contribution in [-0.4, -0.2) is 44.8 Å². The number of hydrogen-bond donors (Lipinski definition) is 1. The van der Waals surface area contributed by atoms with Crippen LogP contribution in [0.25, 0.3) is 0 Å². The third-order valence-corrected chi connectivity index (χ3v) is 5.87. The van der Waals surface area contributed by atoms with E-state index in [1.54, 1.807) is 37.3 Å². The first-order valence-electron chi connectivity index (χ1n) is 8.33. The van der Waals surface area contributed by atoms with Crippen molar-refractivity contribution in [1.82, 2.24) is 4.31 Å². The molecule has 27 heavy (non-hydrogen) atoms. The van der Waals surface area contributed by atoms with Crippen LogP contribution in [0, 0.1) is 6.92 Å². The number of benzene rings is 2. The zero-order chi connectivity index (χ0) is 20.0. The summed E-state index contributed by atoms with van der Waals surface area (Å²) in [7, 11) is -2.56. The molecule has 1 N–H and O–H groups in total. The number of nitrogens with one attached hydrogen (secondary N) is 1. The van der Waals surface area contributed by atoms with Gasteiger partial charge in [0.1, 0.15) is 0 Å². The van der Waals surface area contributed by atoms with Crippen LogP contribution in [-0.2, 0) is 19.6 Å². The Morgan fingerprint density at radius 3 is 2.30 bits per heavy atom. The molecule has 0 aliphatic carbocycles. The molecule has 0 aliphatic rings. The lowest BCUT2D eigenvalue weighted by atomic mass is 10.2. The maximum atomic E-state index is 12.8. The Labute approximate surface area is 159 Å². The summed E-state index contributed by atoms with van der Waals surface area (Å²) in [4.78, 5) is 24.3. The molecular weight excluding hydrogens is 368 g/mol. The van der Waals surface area contributed by atoms with Gasteiger partial charge in [0.25, 0.3) is 0 Å². The molecule has 0 heterocycles. The molecule has 2 rings (SSSR count). The summed E-state index contributed by atoms with van der Waals surface area (Å²) in [5.74, 6) is -1.14. The van der Waals surface area contributed by atoms with Gasteiger partial charge in [0.15, 0.2) is 0 Å². The molecule has 0 fully saturated rings. The molecule has 0 saturated heterocycles. The van der Waals surface area contributed by atoms with Gasteiger partial charge in [0, 0.05) is 6.54 Å². The highest BCUT2D eigenvalue weighted by Crippen LogP contribution is 2.18. The van der Waals surface area contributed by atoms with Gasteiger partial charge in [-0.05, 0) is 31.2 Å². The molecule has 0 aromatic heterocycles. The Morgan fingerprint density at radius 1 is 1.07 bits per heavy atom. The van der Waals surface area contributed by atoms with Crippen molar-refractivity contribution in [2.45, 2.75) is 18.7 Å². The molecule has 2 aromatic rings. The highest BCUT2D eigenvalue weighted by atomic mass is 32.2. The van der Waals surface area contributed by atoms with E-state index in [0.29, 0.717) is 0 Å². The van der Waals surface area contributed by atoms with E-state index in [0.717, 1.165) is 9.87 Å². The highest BCUT2D eigenvalue weighted by molar-refractivity contribution is 7.89. The summed E-state index contributed by atoms with van der Waals surface area (Å²) in [6.45, 7) is 3.27. The van der Waals surface area contributed by atoms with Crippen molar-refractivity contribution in [3.05, 3.63) is 59.7 Å². The fraction of sp³-hybridized carbons (Fsp3) is 0.263. The summed E-state index contributed by atoms with van der Waals surface area (Å²) < 4.78 is 31.3. The van der Waals surface area contributed by atoms with Gasteiger partial charge < -0.3 is 10.1 Å². The van der Waals surface area contributed by atoms with Gasteiger partial charge in [-0.3, -0.25) is 4.79 Å². The summed E-state index contributed by atoms with van der Waals surface area (Å²) in [5, 5.41) is 2.58. The number of ether oxygens (including phenoxy) is 1. The van der Waals surface area contributed by atoms with Gasteiger partial charge in [-0.15, -0.1) is 0 Å². The van der Waals surface area contributed by atoms with Crippen LogP contribution in [0.15, 0.2) is 53.4 Å². The molecule has 2 aromatic carbocycles. The molecule has 0 unspecified atom stereocenters. The summed E-state index contributed by atoms with van der Waals surface area (Å²) in [6, 6.07) is 12.8. The van der Waals surface area contributed by atoms with E-state index >= 15 is 0 Å². The van der Waals surface area contributed by atoms with E-state index in [9.17, 15) is 18.0 Å². The van der Waals surface area contributed by atoms with Crippen molar-refractivity contribution in [3.63, 3.8) is 0 Å². The number of para-hydroxylation sites is 1. The number of carbonyl (C=O) groups excluding carboxylic acids is 2. The molecule has 0 atom stereocenters. The van der Waals surface area contributed by atoms with Crippen LogP contribution >= 0.6 is 0 Å². The molecular formula is C19H22N2O5S. The van der Waals surface area contributed by atoms with Crippen molar-refractivity contribution in [2.24, 2.45) is 0 Å². The SMILES string of the molecule is CCN(CC(=O)Nc1ccccc1C(=O)OC)S(=O)(=O)c1ccc(C)cc1. The normalized spacial score (nSPS) is 11.3. The van der Waals surface area contributed by atoms with Crippen LogP contribution in [0.3, 0.4) is 0 Å². The summed E-state index contributed by atoms with van der Waals surface area (Å²) >= 11 is 0. The van der Waals surface area contributed by atoms with Gasteiger partial charge in [0.2, 0.25) is 15.9 Å². The fourth-order valence-electron chi connectivity index (χ4n) is 2.46. The van der Waals surface area contributed by atoms with E-state index in [1.165, 1.54) is 25.3 Å². The van der Waals surface area contributed by atoms with E-state index in [-0.39, 0.29) is 29.2 Å². The average molecular weight is 390 g/mol. The second-order valence-corrected chi connectivity index (χ2v) is 7.77. The number of anilines is 1. The monoisotopic (exact) mass is 390 g/mol. The number of carbonyl (C=O) groups is 2. The first kappa shape index (κ1) is 20.6. The number of likely N-dealkylation sites (N-methyl/N-ethyl adjacent to an activating group) is 1. The zero-order valence-electron chi connectivity index (χ0n) is 15.4. The number of amides is 1. The molecule has 1 amide bonds. The van der Waals surface area contributed by atoms with Crippen LogP contribution in [0.1, 0.15) is 22.8 Å². The first-order chi connectivity index (χ1) is 12.8. The maximum Gasteiger partial charge on any atom is 0.339 e. The largest absolute Gasteiger partial charge is 0.465 e. The molecule has 7 nitrogen and oxygen atoms in total. The third kappa shape index (κ3) is 4.93. The summed E-state index contributed by atoms with van der Waals surface area (Å²) in [5.41, 5.74) is 1.39. The lowest BCUT2D eigenvalue weighted by Crippen LogP contribution is -2.38. The zero-order valence-corrected chi connectivity index (χ0v) is 16.2. The quantitative estimate of drug-likeness (QED) is 0.733. The Balaban J connectivity index is 2.18. The predicted octanol–water partition coefficient (Wildman–Crippen LogP) is 2.43. The highest BCUT2D eigenvalue weighted by Gasteiger charge is 2.25. The Morgan fingerprint density at radius 2 is 1.70 bits per heavy atom. The summed E-state index contributed by atoms with van der Waals surface area (Å²) in [6.07, 6.45) is 0. The van der Waals surface area contributed by atoms with Crippen molar-refractivity contribution >= 4 is 27.6 Å².